The van der Waals surface area contributed by atoms with Gasteiger partial charge in [0, 0.05) is 11.2 Å². The molecule has 0 fully saturated rings. The number of hydrogen-bond donors (Lipinski definition) is 3. The summed E-state index contributed by atoms with van der Waals surface area (Å²) >= 11 is 5.93. The highest BCUT2D eigenvalue weighted by molar-refractivity contribution is 7.89. The van der Waals surface area contributed by atoms with Gasteiger partial charge in [0.05, 0.1) is 11.6 Å². The second-order valence-electron chi connectivity index (χ2n) is 5.76. The van der Waals surface area contributed by atoms with Gasteiger partial charge in [-0.15, -0.1) is 0 Å². The van der Waals surface area contributed by atoms with Crippen LogP contribution in [0.4, 0.5) is 5.69 Å². The first-order valence-corrected chi connectivity index (χ1v) is 8.15. The maximum Gasteiger partial charge on any atom is 0.242 e. The quantitative estimate of drug-likeness (QED) is 0.725. The van der Waals surface area contributed by atoms with Gasteiger partial charge in [-0.25, -0.2) is 13.1 Å². The van der Waals surface area contributed by atoms with Crippen molar-refractivity contribution in [1.82, 2.24) is 10.0 Å². The molecule has 1 amide bonds. The summed E-state index contributed by atoms with van der Waals surface area (Å²) in [5, 5.41) is 2.72. The Balaban J connectivity index is 2.88. The summed E-state index contributed by atoms with van der Waals surface area (Å²) in [4.78, 5) is 11.5. The van der Waals surface area contributed by atoms with Gasteiger partial charge in [0.25, 0.3) is 0 Å². The lowest BCUT2D eigenvalue weighted by Crippen LogP contribution is -2.45. The molecule has 21 heavy (non-hydrogen) atoms. The Morgan fingerprint density at radius 3 is 2.43 bits per heavy atom. The van der Waals surface area contributed by atoms with E-state index < -0.39 is 21.5 Å². The fraction of sp³-hybridized carbons (Fsp3) is 0.462. The van der Waals surface area contributed by atoms with Crippen molar-refractivity contribution in [1.29, 1.82) is 0 Å². The van der Waals surface area contributed by atoms with Gasteiger partial charge in [0.2, 0.25) is 15.9 Å². The number of halogens is 1. The Hall–Kier alpha value is -1.31. The zero-order valence-electron chi connectivity index (χ0n) is 12.5. The number of carbonyl (C=O) groups excluding carboxylic acids is 1. The second kappa shape index (κ2) is 6.21. The predicted molar refractivity (Wildman–Crippen MR) is 83.7 cm³/mol. The molecule has 0 saturated heterocycles. The largest absolute Gasteiger partial charge is 0.398 e. The highest BCUT2D eigenvalue weighted by Crippen LogP contribution is 2.26. The van der Waals surface area contributed by atoms with Crippen LogP contribution in [0.2, 0.25) is 5.02 Å². The number of carbonyl (C=O) groups is 1. The molecule has 0 heterocycles. The third kappa shape index (κ3) is 5.18. The Kier molecular flexibility index (Phi) is 5.25. The summed E-state index contributed by atoms with van der Waals surface area (Å²) in [5.74, 6) is -0.428. The molecule has 0 aliphatic carbocycles. The number of rotatable bonds is 4. The molecule has 4 N–H and O–H groups in total. The van der Waals surface area contributed by atoms with Crippen LogP contribution in [0.3, 0.4) is 0 Å². The number of nitrogens with one attached hydrogen (secondary N) is 2. The van der Waals surface area contributed by atoms with Crippen LogP contribution in [0.5, 0.6) is 0 Å². The SMILES string of the molecule is Cc1cc(Cl)c(S(=O)(=O)NCC(=O)NC(C)(C)C)cc1N. The number of amides is 1. The van der Waals surface area contributed by atoms with E-state index >= 15 is 0 Å². The molecule has 0 bridgehead atoms. The van der Waals surface area contributed by atoms with E-state index in [1.165, 1.54) is 12.1 Å². The molecule has 0 atom stereocenters. The van der Waals surface area contributed by atoms with E-state index in [0.717, 1.165) is 0 Å². The summed E-state index contributed by atoms with van der Waals surface area (Å²) < 4.78 is 26.5. The number of sulfonamides is 1. The molecule has 1 aromatic carbocycles. The molecule has 6 nitrogen and oxygen atoms in total. The number of hydrogen-bond acceptors (Lipinski definition) is 4. The van der Waals surface area contributed by atoms with Crippen LogP contribution in [0.15, 0.2) is 17.0 Å². The minimum Gasteiger partial charge on any atom is -0.398 e. The zero-order chi connectivity index (χ0) is 16.4. The van der Waals surface area contributed by atoms with Crippen molar-refractivity contribution >= 4 is 33.2 Å². The molecule has 118 valence electrons. The fourth-order valence-corrected chi connectivity index (χ4v) is 3.17. The lowest BCUT2D eigenvalue weighted by Gasteiger charge is -2.20. The van der Waals surface area contributed by atoms with Gasteiger partial charge in [-0.2, -0.15) is 0 Å². The van der Waals surface area contributed by atoms with E-state index in [4.69, 9.17) is 17.3 Å². The van der Waals surface area contributed by atoms with Crippen LogP contribution in [0.1, 0.15) is 26.3 Å². The van der Waals surface area contributed by atoms with E-state index in [1.54, 1.807) is 27.7 Å². The van der Waals surface area contributed by atoms with Crippen molar-refractivity contribution in [2.75, 3.05) is 12.3 Å². The maximum absolute atomic E-state index is 12.2. The summed E-state index contributed by atoms with van der Waals surface area (Å²) in [6.45, 7) is 6.76. The van der Waals surface area contributed by atoms with Crippen molar-refractivity contribution in [2.45, 2.75) is 38.1 Å². The average molecular weight is 334 g/mol. The van der Waals surface area contributed by atoms with E-state index in [9.17, 15) is 13.2 Å². The molecule has 0 spiro atoms. The molecule has 1 rings (SSSR count). The van der Waals surface area contributed by atoms with Crippen molar-refractivity contribution in [2.24, 2.45) is 0 Å². The molecule has 8 heteroatoms. The lowest BCUT2D eigenvalue weighted by atomic mass is 10.1. The molecule has 1 aromatic rings. The zero-order valence-corrected chi connectivity index (χ0v) is 14.0. The molecular formula is C13H20ClN3O3S. The standard InChI is InChI=1S/C13H20ClN3O3S/c1-8-5-9(14)11(6-10(8)15)21(19,20)16-7-12(18)17-13(2,3)4/h5-6,16H,7,15H2,1-4H3,(H,17,18). The van der Waals surface area contributed by atoms with Gasteiger partial charge in [-0.3, -0.25) is 4.79 Å². The predicted octanol–water partition coefficient (Wildman–Crippen LogP) is 1.42. The number of nitrogens with two attached hydrogens (primary N) is 1. The Morgan fingerprint density at radius 1 is 1.33 bits per heavy atom. The van der Waals surface area contributed by atoms with Crippen LogP contribution in [-0.2, 0) is 14.8 Å². The maximum atomic E-state index is 12.2. The fourth-order valence-electron chi connectivity index (χ4n) is 1.58. The molecule has 0 unspecified atom stereocenters. The van der Waals surface area contributed by atoms with Crippen LogP contribution >= 0.6 is 11.6 Å². The first-order valence-electron chi connectivity index (χ1n) is 6.29. The molecule has 0 aliphatic rings. The average Bonchev–Trinajstić information content (AvgIpc) is 2.29. The Bertz CT molecular complexity index is 651. The first kappa shape index (κ1) is 17.7. The second-order valence-corrected chi connectivity index (χ2v) is 7.90. The Labute approximate surface area is 130 Å². The molecule has 0 aromatic heterocycles. The normalized spacial score (nSPS) is 12.2. The van der Waals surface area contributed by atoms with Gasteiger partial charge < -0.3 is 11.1 Å². The topological polar surface area (TPSA) is 101 Å². The van der Waals surface area contributed by atoms with E-state index in [1.807, 2.05) is 0 Å². The van der Waals surface area contributed by atoms with Crippen molar-refractivity contribution in [3.05, 3.63) is 22.7 Å². The van der Waals surface area contributed by atoms with Crippen LogP contribution < -0.4 is 15.8 Å². The van der Waals surface area contributed by atoms with Crippen LogP contribution in [-0.4, -0.2) is 26.4 Å². The molecular weight excluding hydrogens is 314 g/mol. The summed E-state index contributed by atoms with van der Waals surface area (Å²) in [5.41, 5.74) is 6.26. The Morgan fingerprint density at radius 2 is 1.90 bits per heavy atom. The van der Waals surface area contributed by atoms with Gasteiger partial charge in [-0.05, 0) is 45.4 Å². The smallest absolute Gasteiger partial charge is 0.242 e. The number of aryl methyl sites for hydroxylation is 1. The van der Waals surface area contributed by atoms with Crippen LogP contribution in [0.25, 0.3) is 0 Å². The van der Waals surface area contributed by atoms with Crippen LogP contribution in [0, 0.1) is 6.92 Å². The van der Waals surface area contributed by atoms with Gasteiger partial charge in [0.15, 0.2) is 0 Å². The summed E-state index contributed by atoms with van der Waals surface area (Å²) in [7, 11) is -3.90. The van der Waals surface area contributed by atoms with E-state index in [0.29, 0.717) is 11.3 Å². The number of benzene rings is 1. The number of anilines is 1. The highest BCUT2D eigenvalue weighted by Gasteiger charge is 2.21. The van der Waals surface area contributed by atoms with Gasteiger partial charge in [0.1, 0.15) is 4.90 Å². The third-order valence-electron chi connectivity index (χ3n) is 2.55. The van der Waals surface area contributed by atoms with Crippen molar-refractivity contribution in [3.8, 4) is 0 Å². The van der Waals surface area contributed by atoms with Gasteiger partial charge in [-0.1, -0.05) is 11.6 Å². The molecule has 0 saturated carbocycles. The first-order chi connectivity index (χ1) is 9.42. The molecule has 0 aliphatic heterocycles. The monoisotopic (exact) mass is 333 g/mol. The number of nitrogen functional groups attached to an aromatic ring is 1. The third-order valence-corrected chi connectivity index (χ3v) is 4.41. The summed E-state index contributed by atoms with van der Waals surface area (Å²) in [6.07, 6.45) is 0. The summed E-state index contributed by atoms with van der Waals surface area (Å²) in [6, 6.07) is 2.75. The minimum absolute atomic E-state index is 0.0606. The van der Waals surface area contributed by atoms with E-state index in [2.05, 4.69) is 10.0 Å². The van der Waals surface area contributed by atoms with Crippen molar-refractivity contribution in [3.63, 3.8) is 0 Å². The molecule has 0 radical (unpaired) electrons. The lowest BCUT2D eigenvalue weighted by molar-refractivity contribution is -0.121. The highest BCUT2D eigenvalue weighted by atomic mass is 35.5. The van der Waals surface area contributed by atoms with Gasteiger partial charge >= 0.3 is 0 Å². The minimum atomic E-state index is -3.90. The van der Waals surface area contributed by atoms with E-state index in [-0.39, 0.29) is 16.5 Å². The van der Waals surface area contributed by atoms with Crippen molar-refractivity contribution < 1.29 is 13.2 Å².